The summed E-state index contributed by atoms with van der Waals surface area (Å²) >= 11 is 0. The molecule has 0 spiro atoms. The van der Waals surface area contributed by atoms with Gasteiger partial charge in [0.15, 0.2) is 0 Å². The van der Waals surface area contributed by atoms with Gasteiger partial charge in [0.1, 0.15) is 17.4 Å². The van der Waals surface area contributed by atoms with Crippen molar-refractivity contribution in [3.8, 4) is 0 Å². The van der Waals surface area contributed by atoms with Gasteiger partial charge >= 0.3 is 0 Å². The van der Waals surface area contributed by atoms with Crippen molar-refractivity contribution in [2.45, 2.75) is 51.7 Å². The maximum Gasteiger partial charge on any atom is 0.290 e. The number of alkyl halides is 2. The average molecular weight is 402 g/mol. The second-order valence-corrected chi connectivity index (χ2v) is 7.80. The van der Waals surface area contributed by atoms with Crippen molar-refractivity contribution in [1.29, 1.82) is 0 Å². The Morgan fingerprint density at radius 1 is 1.24 bits per heavy atom. The quantitative estimate of drug-likeness (QED) is 0.723. The van der Waals surface area contributed by atoms with Crippen molar-refractivity contribution in [1.82, 2.24) is 24.5 Å². The van der Waals surface area contributed by atoms with Crippen LogP contribution >= 0.6 is 0 Å². The van der Waals surface area contributed by atoms with E-state index in [-0.39, 0.29) is 25.0 Å². The minimum absolute atomic E-state index is 0.0165. The molecule has 1 N–H and O–H groups in total. The summed E-state index contributed by atoms with van der Waals surface area (Å²) in [6.07, 6.45) is 2.15. The Balaban J connectivity index is 1.59. The smallest absolute Gasteiger partial charge is 0.290 e. The molecular formula is C20H24F2N6O. The Hall–Kier alpha value is -2.68. The first-order valence-corrected chi connectivity index (χ1v) is 9.71. The molecule has 3 aromatic rings. The minimum Gasteiger partial charge on any atom is -0.387 e. The number of aromatic nitrogens is 5. The van der Waals surface area contributed by atoms with Gasteiger partial charge in [-0.05, 0) is 39.3 Å². The van der Waals surface area contributed by atoms with Gasteiger partial charge in [-0.3, -0.25) is 4.98 Å². The fourth-order valence-corrected chi connectivity index (χ4v) is 3.83. The van der Waals surface area contributed by atoms with E-state index in [1.54, 1.807) is 18.5 Å². The van der Waals surface area contributed by atoms with E-state index in [0.29, 0.717) is 12.1 Å². The molecule has 0 radical (unpaired) electrons. The van der Waals surface area contributed by atoms with Crippen molar-refractivity contribution in [2.75, 3.05) is 18.0 Å². The van der Waals surface area contributed by atoms with Crippen LogP contribution in [0.3, 0.4) is 0 Å². The maximum atomic E-state index is 13.9. The molecule has 3 aromatic heterocycles. The Morgan fingerprint density at radius 3 is 2.76 bits per heavy atom. The van der Waals surface area contributed by atoms with Gasteiger partial charge in [0.25, 0.3) is 5.92 Å². The highest BCUT2D eigenvalue weighted by atomic mass is 19.3. The molecule has 1 aliphatic rings. The molecule has 29 heavy (non-hydrogen) atoms. The normalized spacial score (nSPS) is 19.3. The second kappa shape index (κ2) is 7.29. The van der Waals surface area contributed by atoms with Crippen molar-refractivity contribution in [2.24, 2.45) is 0 Å². The fourth-order valence-electron chi connectivity index (χ4n) is 3.83. The van der Waals surface area contributed by atoms with Crippen LogP contribution in [0.5, 0.6) is 0 Å². The number of imidazole rings is 1. The first-order chi connectivity index (χ1) is 13.7. The van der Waals surface area contributed by atoms with Crippen molar-refractivity contribution >= 4 is 17.0 Å². The summed E-state index contributed by atoms with van der Waals surface area (Å²) in [4.78, 5) is 19.1. The summed E-state index contributed by atoms with van der Waals surface area (Å²) < 4.78 is 29.9. The molecule has 0 bridgehead atoms. The third kappa shape index (κ3) is 3.78. The predicted octanol–water partition coefficient (Wildman–Crippen LogP) is 2.91. The number of aliphatic hydroxyl groups is 1. The van der Waals surface area contributed by atoms with Crippen molar-refractivity contribution in [3.05, 3.63) is 41.7 Å². The molecule has 1 aliphatic heterocycles. The number of fused-ring (bicyclic) bond motifs is 1. The van der Waals surface area contributed by atoms with Crippen molar-refractivity contribution in [3.63, 3.8) is 0 Å². The SMILES string of the molecule is Cc1nc2cnc(Cc3ccnc(N4CC[C@@H](O)C(F)(F)C4)n3)cc2n1C(C)C. The van der Waals surface area contributed by atoms with E-state index in [9.17, 15) is 13.9 Å². The lowest BCUT2D eigenvalue weighted by atomic mass is 10.0. The van der Waals surface area contributed by atoms with Crippen LogP contribution in [-0.2, 0) is 6.42 Å². The number of hydrogen-bond donors (Lipinski definition) is 1. The number of aryl methyl sites for hydroxylation is 1. The van der Waals surface area contributed by atoms with Gasteiger partial charge in [0.2, 0.25) is 5.95 Å². The lowest BCUT2D eigenvalue weighted by molar-refractivity contribution is -0.113. The summed E-state index contributed by atoms with van der Waals surface area (Å²) in [6.45, 7) is 5.89. The number of piperidine rings is 1. The van der Waals surface area contributed by atoms with E-state index in [4.69, 9.17) is 0 Å². The summed E-state index contributed by atoms with van der Waals surface area (Å²) in [5, 5.41) is 9.47. The molecule has 154 valence electrons. The molecule has 0 aromatic carbocycles. The Bertz CT molecular complexity index is 1030. The molecule has 1 fully saturated rings. The van der Waals surface area contributed by atoms with E-state index >= 15 is 0 Å². The second-order valence-electron chi connectivity index (χ2n) is 7.80. The predicted molar refractivity (Wildman–Crippen MR) is 105 cm³/mol. The zero-order valence-corrected chi connectivity index (χ0v) is 16.7. The zero-order valence-electron chi connectivity index (χ0n) is 16.7. The van der Waals surface area contributed by atoms with E-state index in [0.717, 1.165) is 22.6 Å². The fraction of sp³-hybridized carbons (Fsp3) is 0.500. The van der Waals surface area contributed by atoms with Crippen LogP contribution in [0.25, 0.3) is 11.0 Å². The van der Waals surface area contributed by atoms with Gasteiger partial charge in [-0.2, -0.15) is 0 Å². The molecule has 9 heteroatoms. The van der Waals surface area contributed by atoms with Crippen LogP contribution in [0.4, 0.5) is 14.7 Å². The number of nitrogens with zero attached hydrogens (tertiary/aromatic N) is 6. The Morgan fingerprint density at radius 2 is 2.03 bits per heavy atom. The van der Waals surface area contributed by atoms with Crippen LogP contribution in [0, 0.1) is 6.92 Å². The molecule has 0 unspecified atom stereocenters. The van der Waals surface area contributed by atoms with Crippen LogP contribution in [0.15, 0.2) is 24.5 Å². The number of hydrogen-bond acceptors (Lipinski definition) is 6. The molecule has 0 saturated carbocycles. The van der Waals surface area contributed by atoms with E-state index < -0.39 is 18.6 Å². The summed E-state index contributed by atoms with van der Waals surface area (Å²) in [5.74, 6) is -1.98. The first-order valence-electron chi connectivity index (χ1n) is 9.71. The highest BCUT2D eigenvalue weighted by Gasteiger charge is 2.44. The van der Waals surface area contributed by atoms with Gasteiger partial charge < -0.3 is 14.6 Å². The molecule has 4 rings (SSSR count). The minimum atomic E-state index is -3.17. The van der Waals surface area contributed by atoms with Crippen molar-refractivity contribution < 1.29 is 13.9 Å². The number of rotatable bonds is 4. The lowest BCUT2D eigenvalue weighted by Gasteiger charge is -2.35. The van der Waals surface area contributed by atoms with Crippen LogP contribution in [-0.4, -0.2) is 54.7 Å². The largest absolute Gasteiger partial charge is 0.387 e. The standard InChI is InChI=1S/C20H24F2N6O/c1-12(2)28-13(3)25-16-10-24-15(9-17(16)28)8-14-4-6-23-19(26-14)27-7-5-18(29)20(21,22)11-27/h4,6,9-10,12,18,29H,5,7-8,11H2,1-3H3/t18-/m1/s1. The maximum absolute atomic E-state index is 13.9. The molecule has 1 saturated heterocycles. The van der Waals surface area contributed by atoms with Gasteiger partial charge in [-0.15, -0.1) is 0 Å². The average Bonchev–Trinajstić information content (AvgIpc) is 2.99. The summed E-state index contributed by atoms with van der Waals surface area (Å²) in [5.41, 5.74) is 3.38. The lowest BCUT2D eigenvalue weighted by Crippen LogP contribution is -2.52. The zero-order chi connectivity index (χ0) is 20.8. The van der Waals surface area contributed by atoms with Gasteiger partial charge in [0, 0.05) is 30.9 Å². The van der Waals surface area contributed by atoms with E-state index in [1.165, 1.54) is 4.90 Å². The molecule has 7 nitrogen and oxygen atoms in total. The van der Waals surface area contributed by atoms with Gasteiger partial charge in [-0.1, -0.05) is 0 Å². The molecule has 0 amide bonds. The molecule has 4 heterocycles. The first kappa shape index (κ1) is 19.6. The van der Waals surface area contributed by atoms with E-state index in [2.05, 4.69) is 38.4 Å². The number of pyridine rings is 1. The number of halogens is 2. The highest BCUT2D eigenvalue weighted by Crippen LogP contribution is 2.29. The van der Waals surface area contributed by atoms with Crippen LogP contribution in [0.1, 0.15) is 43.5 Å². The molecular weight excluding hydrogens is 378 g/mol. The summed E-state index contributed by atoms with van der Waals surface area (Å²) in [7, 11) is 0. The van der Waals surface area contributed by atoms with Crippen LogP contribution in [0.2, 0.25) is 0 Å². The molecule has 1 atom stereocenters. The number of aliphatic hydroxyl groups excluding tert-OH is 1. The van der Waals surface area contributed by atoms with Crippen LogP contribution < -0.4 is 4.90 Å². The third-order valence-electron chi connectivity index (χ3n) is 5.23. The Kier molecular flexibility index (Phi) is 4.94. The topological polar surface area (TPSA) is 80.0 Å². The number of anilines is 1. The Labute approximate surface area is 167 Å². The van der Waals surface area contributed by atoms with Gasteiger partial charge in [0.05, 0.1) is 24.0 Å². The highest BCUT2D eigenvalue weighted by molar-refractivity contribution is 5.75. The summed E-state index contributed by atoms with van der Waals surface area (Å²) in [6, 6.07) is 4.04. The van der Waals surface area contributed by atoms with E-state index in [1.807, 2.05) is 13.0 Å². The third-order valence-corrected chi connectivity index (χ3v) is 5.23. The molecule has 0 aliphatic carbocycles. The monoisotopic (exact) mass is 402 g/mol. The van der Waals surface area contributed by atoms with Gasteiger partial charge in [-0.25, -0.2) is 23.7 Å².